The van der Waals surface area contributed by atoms with Crippen LogP contribution in [0.3, 0.4) is 0 Å². The van der Waals surface area contributed by atoms with Crippen molar-refractivity contribution in [1.29, 1.82) is 0 Å². The number of hydrogen-bond acceptors (Lipinski definition) is 6. The van der Waals surface area contributed by atoms with Crippen molar-refractivity contribution in [2.45, 2.75) is 19.9 Å². The highest BCUT2D eigenvalue weighted by Crippen LogP contribution is 2.39. The molecule has 0 unspecified atom stereocenters. The summed E-state index contributed by atoms with van der Waals surface area (Å²) in [6.45, 7) is 3.38. The molecule has 0 aliphatic carbocycles. The van der Waals surface area contributed by atoms with Gasteiger partial charge in [-0.3, -0.25) is 4.79 Å². The summed E-state index contributed by atoms with van der Waals surface area (Å²) in [6.07, 6.45) is 0.817. The van der Waals surface area contributed by atoms with E-state index in [0.717, 1.165) is 35.6 Å². The smallest absolute Gasteiger partial charge is 0.328 e. The van der Waals surface area contributed by atoms with Gasteiger partial charge in [0.05, 0.1) is 12.2 Å². The molecule has 3 aromatic rings. The average molecular weight is 538 g/mol. The van der Waals surface area contributed by atoms with Crippen LogP contribution in [0.2, 0.25) is 0 Å². The van der Waals surface area contributed by atoms with Gasteiger partial charge in [0.1, 0.15) is 17.3 Å². The zero-order valence-corrected chi connectivity index (χ0v) is 23.0. The Hall–Kier alpha value is -4.12. The van der Waals surface area contributed by atoms with Crippen LogP contribution in [0.1, 0.15) is 27.9 Å². The molecule has 0 saturated heterocycles. The predicted molar refractivity (Wildman–Crippen MR) is 147 cm³/mol. The molecule has 1 aliphatic rings. The summed E-state index contributed by atoms with van der Waals surface area (Å²) in [5, 5.41) is 2.70. The van der Waals surface area contributed by atoms with Crippen molar-refractivity contribution in [3.05, 3.63) is 64.7 Å². The zero-order valence-electron chi connectivity index (χ0n) is 23.0. The van der Waals surface area contributed by atoms with Gasteiger partial charge in [0.2, 0.25) is 5.95 Å². The number of hydrogen-bond donors (Lipinski definition) is 1. The third-order valence-corrected chi connectivity index (χ3v) is 6.55. The van der Waals surface area contributed by atoms with Crippen LogP contribution < -0.4 is 15.1 Å². The Balaban J connectivity index is 1.95. The van der Waals surface area contributed by atoms with E-state index in [9.17, 15) is 18.4 Å². The van der Waals surface area contributed by atoms with Crippen molar-refractivity contribution < 1.29 is 18.4 Å². The number of aryl methyl sites for hydroxylation is 1. The molecule has 1 aliphatic heterocycles. The number of para-hydroxylation sites is 1. The molecular formula is C28H33F2N7O2. The Bertz CT molecular complexity index is 1390. The first kappa shape index (κ1) is 27.9. The Morgan fingerprint density at radius 3 is 2.36 bits per heavy atom. The molecule has 1 aromatic heterocycles. The van der Waals surface area contributed by atoms with E-state index in [0.29, 0.717) is 34.9 Å². The summed E-state index contributed by atoms with van der Waals surface area (Å²) in [6, 6.07) is 8.05. The topological polar surface area (TPSA) is 84.9 Å². The molecule has 0 radical (unpaired) electrons. The fourth-order valence-corrected chi connectivity index (χ4v) is 4.44. The van der Waals surface area contributed by atoms with E-state index in [-0.39, 0.29) is 18.3 Å². The van der Waals surface area contributed by atoms with Crippen molar-refractivity contribution in [3.8, 4) is 11.3 Å². The van der Waals surface area contributed by atoms with Gasteiger partial charge in [-0.15, -0.1) is 0 Å². The van der Waals surface area contributed by atoms with Crippen molar-refractivity contribution in [3.63, 3.8) is 0 Å². The molecule has 3 amide bonds. The van der Waals surface area contributed by atoms with E-state index in [4.69, 9.17) is 4.98 Å². The number of aromatic nitrogens is 2. The monoisotopic (exact) mass is 537 g/mol. The third-order valence-electron chi connectivity index (χ3n) is 6.55. The van der Waals surface area contributed by atoms with Gasteiger partial charge in [-0.05, 0) is 63.8 Å². The van der Waals surface area contributed by atoms with Crippen LogP contribution in [0.15, 0.2) is 36.4 Å². The van der Waals surface area contributed by atoms with Crippen LogP contribution in [-0.4, -0.2) is 80.0 Å². The van der Waals surface area contributed by atoms with E-state index >= 15 is 0 Å². The van der Waals surface area contributed by atoms with Gasteiger partial charge in [0.15, 0.2) is 5.82 Å². The first-order chi connectivity index (χ1) is 18.5. The number of anilines is 3. The number of urea groups is 1. The average Bonchev–Trinajstić information content (AvgIpc) is 2.88. The second-order valence-electron chi connectivity index (χ2n) is 10.0. The molecule has 0 spiro atoms. The summed E-state index contributed by atoms with van der Waals surface area (Å²) in [5.74, 6) is -1.58. The van der Waals surface area contributed by atoms with Crippen LogP contribution >= 0.6 is 0 Å². The highest BCUT2D eigenvalue weighted by molar-refractivity contribution is 6.02. The second-order valence-corrected chi connectivity index (χ2v) is 10.0. The SMILES string of the molecule is Cc1ccc(C(=O)N(C)C)cc1-c1nc(N(C)CCCN(C)C)nc2c1CNC(=O)N2c1c(F)cccc1F. The number of benzene rings is 2. The molecule has 2 aromatic carbocycles. The van der Waals surface area contributed by atoms with Crippen LogP contribution in [-0.2, 0) is 6.54 Å². The van der Waals surface area contributed by atoms with Gasteiger partial charge >= 0.3 is 6.03 Å². The highest BCUT2D eigenvalue weighted by atomic mass is 19.1. The quantitative estimate of drug-likeness (QED) is 0.464. The fourth-order valence-electron chi connectivity index (χ4n) is 4.44. The first-order valence-electron chi connectivity index (χ1n) is 12.6. The van der Waals surface area contributed by atoms with E-state index in [1.807, 2.05) is 39.0 Å². The summed E-state index contributed by atoms with van der Waals surface area (Å²) >= 11 is 0. The minimum absolute atomic E-state index is 0.0476. The van der Waals surface area contributed by atoms with Gasteiger partial charge in [0, 0.05) is 44.4 Å². The predicted octanol–water partition coefficient (Wildman–Crippen LogP) is 4.18. The standard InChI is InChI=1S/C28H33F2N7O2/c1-17-11-12-18(26(38)35(4)5)15-19(17)23-20-16-31-28(39)37(24-21(29)9-7-10-22(24)30)25(20)33-27(32-23)36(6)14-8-13-34(2)3/h7,9-12,15H,8,13-14,16H2,1-6H3,(H,31,39). The Kier molecular flexibility index (Phi) is 8.10. The van der Waals surface area contributed by atoms with E-state index in [1.54, 1.807) is 26.2 Å². The van der Waals surface area contributed by atoms with Crippen LogP contribution in [0.5, 0.6) is 0 Å². The molecule has 0 fully saturated rings. The Labute approximate surface area is 227 Å². The zero-order chi connectivity index (χ0) is 28.4. The maximum Gasteiger partial charge on any atom is 0.328 e. The van der Waals surface area contributed by atoms with E-state index in [2.05, 4.69) is 15.2 Å². The van der Waals surface area contributed by atoms with Crippen molar-refractivity contribution in [1.82, 2.24) is 25.1 Å². The van der Waals surface area contributed by atoms with Gasteiger partial charge in [-0.2, -0.15) is 4.98 Å². The largest absolute Gasteiger partial charge is 0.345 e. The van der Waals surface area contributed by atoms with Crippen LogP contribution in [0.4, 0.5) is 31.0 Å². The lowest BCUT2D eigenvalue weighted by atomic mass is 9.97. The minimum atomic E-state index is -0.895. The lowest BCUT2D eigenvalue weighted by Crippen LogP contribution is -2.43. The number of carbonyl (C=O) groups is 2. The summed E-state index contributed by atoms with van der Waals surface area (Å²) in [7, 11) is 9.14. The summed E-state index contributed by atoms with van der Waals surface area (Å²) in [5.41, 5.74) is 2.41. The molecule has 206 valence electrons. The number of amides is 3. The van der Waals surface area contributed by atoms with Gasteiger partial charge < -0.3 is 20.0 Å². The molecule has 39 heavy (non-hydrogen) atoms. The first-order valence-corrected chi connectivity index (χ1v) is 12.6. The lowest BCUT2D eigenvalue weighted by Gasteiger charge is -2.32. The number of nitrogens with one attached hydrogen (secondary N) is 1. The van der Waals surface area contributed by atoms with Crippen LogP contribution in [0.25, 0.3) is 11.3 Å². The van der Waals surface area contributed by atoms with E-state index < -0.39 is 23.4 Å². The maximum atomic E-state index is 14.9. The molecular weight excluding hydrogens is 504 g/mol. The number of rotatable bonds is 8. The second kappa shape index (κ2) is 11.3. The van der Waals surface area contributed by atoms with E-state index in [1.165, 1.54) is 11.0 Å². The summed E-state index contributed by atoms with van der Waals surface area (Å²) < 4.78 is 29.9. The molecule has 0 atom stereocenters. The number of carbonyl (C=O) groups excluding carboxylic acids is 2. The number of halogens is 2. The van der Waals surface area contributed by atoms with Crippen molar-refractivity contribution >= 4 is 29.4 Å². The fraction of sp³-hybridized carbons (Fsp3) is 0.357. The number of nitrogens with zero attached hydrogens (tertiary/aromatic N) is 6. The third kappa shape index (κ3) is 5.68. The molecule has 0 bridgehead atoms. The molecule has 2 heterocycles. The molecule has 0 saturated carbocycles. The van der Waals surface area contributed by atoms with Gasteiger partial charge in [-0.25, -0.2) is 23.5 Å². The number of fused-ring (bicyclic) bond motifs is 1. The minimum Gasteiger partial charge on any atom is -0.345 e. The lowest BCUT2D eigenvalue weighted by molar-refractivity contribution is 0.0827. The molecule has 4 rings (SSSR count). The Morgan fingerprint density at radius 2 is 1.72 bits per heavy atom. The molecule has 1 N–H and O–H groups in total. The Morgan fingerprint density at radius 1 is 1.03 bits per heavy atom. The van der Waals surface area contributed by atoms with Gasteiger partial charge in [0.25, 0.3) is 5.91 Å². The molecule has 11 heteroatoms. The van der Waals surface area contributed by atoms with Crippen molar-refractivity contribution in [2.75, 3.05) is 58.1 Å². The maximum absolute atomic E-state index is 14.9. The summed E-state index contributed by atoms with van der Waals surface area (Å²) in [4.78, 5) is 41.7. The van der Waals surface area contributed by atoms with Crippen LogP contribution in [0, 0.1) is 18.6 Å². The molecule has 9 nitrogen and oxygen atoms in total. The van der Waals surface area contributed by atoms with Gasteiger partial charge in [-0.1, -0.05) is 12.1 Å². The van der Waals surface area contributed by atoms with Crippen molar-refractivity contribution in [2.24, 2.45) is 0 Å². The normalized spacial score (nSPS) is 12.8. The highest BCUT2D eigenvalue weighted by Gasteiger charge is 2.34.